The van der Waals surface area contributed by atoms with Gasteiger partial charge in [-0.05, 0) is 63.1 Å². The second-order valence-electron chi connectivity index (χ2n) is 7.45. The Bertz CT molecular complexity index is 213. The maximum Gasteiger partial charge on any atom is 0.0197 e. The lowest BCUT2D eigenvalue weighted by Crippen LogP contribution is -2.46. The van der Waals surface area contributed by atoms with Gasteiger partial charge in [-0.25, -0.2) is 0 Å². The molecule has 2 nitrogen and oxygen atoms in total. The monoisotopic (exact) mass is 268 g/mol. The first-order valence-corrected chi connectivity index (χ1v) is 8.43. The highest BCUT2D eigenvalue weighted by Gasteiger charge is 2.20. The summed E-state index contributed by atoms with van der Waals surface area (Å²) in [5.74, 6) is 2.54. The van der Waals surface area contributed by atoms with Crippen molar-refractivity contribution in [2.45, 2.75) is 66.3 Å². The molecule has 0 aromatic rings. The molecule has 1 rings (SSSR count). The molecule has 1 fully saturated rings. The Balaban J connectivity index is 2.37. The van der Waals surface area contributed by atoms with Crippen molar-refractivity contribution in [3.63, 3.8) is 0 Å². The van der Waals surface area contributed by atoms with Crippen LogP contribution in [-0.2, 0) is 0 Å². The predicted molar refractivity (Wildman–Crippen MR) is 85.5 cm³/mol. The number of piperidine rings is 1. The van der Waals surface area contributed by atoms with Crippen LogP contribution in [0, 0.1) is 17.8 Å². The van der Waals surface area contributed by atoms with Crippen molar-refractivity contribution in [3.8, 4) is 0 Å². The predicted octanol–water partition coefficient (Wildman–Crippen LogP) is 3.77. The van der Waals surface area contributed by atoms with Crippen molar-refractivity contribution in [1.82, 2.24) is 10.2 Å². The van der Waals surface area contributed by atoms with E-state index < -0.39 is 0 Å². The molecule has 2 unspecified atom stereocenters. The molecule has 2 atom stereocenters. The van der Waals surface area contributed by atoms with Crippen molar-refractivity contribution in [1.29, 1.82) is 0 Å². The summed E-state index contributed by atoms with van der Waals surface area (Å²) in [7, 11) is 0. The summed E-state index contributed by atoms with van der Waals surface area (Å²) in [6.45, 7) is 16.8. The fourth-order valence-electron chi connectivity index (χ4n) is 2.85. The highest BCUT2D eigenvalue weighted by Crippen LogP contribution is 2.17. The van der Waals surface area contributed by atoms with E-state index in [4.69, 9.17) is 0 Å². The molecule has 19 heavy (non-hydrogen) atoms. The lowest BCUT2D eigenvalue weighted by atomic mass is 9.94. The minimum Gasteiger partial charge on any atom is -0.313 e. The molecule has 0 spiro atoms. The van der Waals surface area contributed by atoms with Crippen molar-refractivity contribution in [2.24, 2.45) is 17.8 Å². The van der Waals surface area contributed by atoms with Gasteiger partial charge in [0.15, 0.2) is 0 Å². The van der Waals surface area contributed by atoms with Crippen LogP contribution in [0.25, 0.3) is 0 Å². The Morgan fingerprint density at radius 2 is 1.63 bits per heavy atom. The number of hydrogen-bond donors (Lipinski definition) is 1. The van der Waals surface area contributed by atoms with Gasteiger partial charge in [-0.1, -0.05) is 34.6 Å². The summed E-state index contributed by atoms with van der Waals surface area (Å²) in [5, 5.41) is 3.71. The third kappa shape index (κ3) is 7.94. The van der Waals surface area contributed by atoms with Crippen LogP contribution >= 0.6 is 0 Å². The quantitative estimate of drug-likeness (QED) is 0.721. The van der Waals surface area contributed by atoms with Gasteiger partial charge in [-0.15, -0.1) is 0 Å². The van der Waals surface area contributed by atoms with Gasteiger partial charge in [0.25, 0.3) is 0 Å². The van der Waals surface area contributed by atoms with Crippen LogP contribution in [0.5, 0.6) is 0 Å². The zero-order chi connectivity index (χ0) is 14.3. The van der Waals surface area contributed by atoms with Crippen LogP contribution in [-0.4, -0.2) is 37.1 Å². The smallest absolute Gasteiger partial charge is 0.0197 e. The van der Waals surface area contributed by atoms with Gasteiger partial charge in [0.2, 0.25) is 0 Å². The molecular weight excluding hydrogens is 232 g/mol. The van der Waals surface area contributed by atoms with E-state index in [1.165, 1.54) is 51.9 Å². The molecule has 1 aliphatic rings. The van der Waals surface area contributed by atoms with Gasteiger partial charge >= 0.3 is 0 Å². The molecule has 114 valence electrons. The van der Waals surface area contributed by atoms with Crippen LogP contribution in [0.15, 0.2) is 0 Å². The molecule has 0 saturated carbocycles. The zero-order valence-electron chi connectivity index (χ0n) is 13.9. The van der Waals surface area contributed by atoms with E-state index in [9.17, 15) is 0 Å². The van der Waals surface area contributed by atoms with Crippen molar-refractivity contribution in [3.05, 3.63) is 0 Å². The molecule has 1 heterocycles. The van der Waals surface area contributed by atoms with Crippen LogP contribution in [0.3, 0.4) is 0 Å². The first kappa shape index (κ1) is 17.0. The lowest BCUT2D eigenvalue weighted by Gasteiger charge is -2.33. The molecule has 0 bridgehead atoms. The Kier molecular flexibility index (Phi) is 8.01. The van der Waals surface area contributed by atoms with E-state index in [2.05, 4.69) is 44.8 Å². The van der Waals surface area contributed by atoms with E-state index in [1.807, 2.05) is 0 Å². The largest absolute Gasteiger partial charge is 0.313 e. The minimum atomic E-state index is 0.725. The maximum absolute atomic E-state index is 3.71. The summed E-state index contributed by atoms with van der Waals surface area (Å²) in [4.78, 5) is 2.70. The summed E-state index contributed by atoms with van der Waals surface area (Å²) >= 11 is 0. The molecule has 1 aliphatic heterocycles. The molecule has 0 aromatic heterocycles. The molecule has 0 aromatic carbocycles. The Hall–Kier alpha value is -0.0800. The Labute approximate surface area is 121 Å². The van der Waals surface area contributed by atoms with E-state index >= 15 is 0 Å². The highest BCUT2D eigenvalue weighted by molar-refractivity contribution is 4.79. The van der Waals surface area contributed by atoms with Gasteiger partial charge in [0.1, 0.15) is 0 Å². The van der Waals surface area contributed by atoms with Crippen LogP contribution < -0.4 is 5.32 Å². The van der Waals surface area contributed by atoms with Gasteiger partial charge < -0.3 is 10.2 Å². The van der Waals surface area contributed by atoms with E-state index in [-0.39, 0.29) is 0 Å². The first-order valence-electron chi connectivity index (χ1n) is 8.43. The molecule has 1 saturated heterocycles. The number of hydrogen-bond acceptors (Lipinski definition) is 2. The van der Waals surface area contributed by atoms with Crippen molar-refractivity contribution in [2.75, 3.05) is 26.2 Å². The normalized spacial score (nSPS) is 24.6. The van der Waals surface area contributed by atoms with Crippen LogP contribution in [0.1, 0.15) is 60.3 Å². The summed E-state index contributed by atoms with van der Waals surface area (Å²) in [6.07, 6.45) is 5.38. The topological polar surface area (TPSA) is 15.3 Å². The SMILES string of the molecule is CC(C)CCN(CCC(C)C)CC1CC(C)CCN1. The summed E-state index contributed by atoms with van der Waals surface area (Å²) < 4.78 is 0. The highest BCUT2D eigenvalue weighted by atomic mass is 15.1. The van der Waals surface area contributed by atoms with E-state index in [0.717, 1.165) is 23.8 Å². The van der Waals surface area contributed by atoms with E-state index in [0.29, 0.717) is 0 Å². The second-order valence-corrected chi connectivity index (χ2v) is 7.45. The van der Waals surface area contributed by atoms with Gasteiger partial charge in [-0.2, -0.15) is 0 Å². The number of nitrogens with zero attached hydrogens (tertiary/aromatic N) is 1. The maximum atomic E-state index is 3.71. The minimum absolute atomic E-state index is 0.725. The third-order valence-electron chi connectivity index (χ3n) is 4.28. The molecule has 1 N–H and O–H groups in total. The number of nitrogens with one attached hydrogen (secondary N) is 1. The molecule has 0 amide bonds. The van der Waals surface area contributed by atoms with Gasteiger partial charge in [0, 0.05) is 12.6 Å². The lowest BCUT2D eigenvalue weighted by molar-refractivity contribution is 0.190. The van der Waals surface area contributed by atoms with Gasteiger partial charge in [0.05, 0.1) is 0 Å². The number of rotatable bonds is 8. The van der Waals surface area contributed by atoms with Crippen LogP contribution in [0.4, 0.5) is 0 Å². The average molecular weight is 268 g/mol. The standard InChI is InChI=1S/C17H36N2/c1-14(2)7-10-19(11-8-15(3)4)13-17-12-16(5)6-9-18-17/h14-18H,6-13H2,1-5H3. The zero-order valence-corrected chi connectivity index (χ0v) is 13.9. The van der Waals surface area contributed by atoms with E-state index in [1.54, 1.807) is 0 Å². The molecule has 0 radical (unpaired) electrons. The molecule has 0 aliphatic carbocycles. The van der Waals surface area contributed by atoms with Gasteiger partial charge in [-0.3, -0.25) is 0 Å². The van der Waals surface area contributed by atoms with Crippen LogP contribution in [0.2, 0.25) is 0 Å². The van der Waals surface area contributed by atoms with Crippen molar-refractivity contribution >= 4 is 0 Å². The fraction of sp³-hybridized carbons (Fsp3) is 1.00. The summed E-state index contributed by atoms with van der Waals surface area (Å²) in [6, 6.07) is 0.725. The third-order valence-corrected chi connectivity index (χ3v) is 4.28. The molecule has 2 heteroatoms. The van der Waals surface area contributed by atoms with Crippen molar-refractivity contribution < 1.29 is 0 Å². The Morgan fingerprint density at radius 3 is 2.11 bits per heavy atom. The Morgan fingerprint density at radius 1 is 1.05 bits per heavy atom. The molecular formula is C17H36N2. The summed E-state index contributed by atoms with van der Waals surface area (Å²) in [5.41, 5.74) is 0. The second kappa shape index (κ2) is 8.97. The average Bonchev–Trinajstić information content (AvgIpc) is 2.32. The first-order chi connectivity index (χ1) is 8.97. The fourth-order valence-corrected chi connectivity index (χ4v) is 2.85.